The van der Waals surface area contributed by atoms with Gasteiger partial charge < -0.3 is 9.84 Å². The number of carbonyl (C=O) groups is 1. The Morgan fingerprint density at radius 3 is 2.40 bits per heavy atom. The minimum atomic E-state index is -0.840. The van der Waals surface area contributed by atoms with Gasteiger partial charge in [0.05, 0.1) is 5.92 Å². The molecule has 0 spiro atoms. The Balaban J connectivity index is 2.25. The molecule has 2 unspecified atom stereocenters. The summed E-state index contributed by atoms with van der Waals surface area (Å²) >= 11 is 0. The van der Waals surface area contributed by atoms with Crippen LogP contribution in [0.4, 0.5) is 0 Å². The lowest BCUT2D eigenvalue weighted by atomic mass is 10.1. The van der Waals surface area contributed by atoms with Crippen molar-refractivity contribution >= 4 is 5.97 Å². The Bertz CT molecular complexity index is 197. The van der Waals surface area contributed by atoms with Crippen LogP contribution in [0, 0.1) is 17.3 Å². The number of ether oxygens (including phenoxy) is 1. The molecule has 0 aromatic heterocycles. The van der Waals surface area contributed by atoms with E-state index in [1.807, 2.05) is 13.8 Å². The van der Waals surface area contributed by atoms with Crippen molar-refractivity contribution in [1.29, 1.82) is 0 Å². The molecule has 3 heteroatoms. The van der Waals surface area contributed by atoms with Crippen LogP contribution < -0.4 is 0 Å². The third kappa shape index (κ3) is 0.475. The molecule has 0 bridgehead atoms. The first-order chi connectivity index (χ1) is 4.55. The van der Waals surface area contributed by atoms with Crippen molar-refractivity contribution in [1.82, 2.24) is 0 Å². The van der Waals surface area contributed by atoms with Gasteiger partial charge in [0.2, 0.25) is 6.29 Å². The average Bonchev–Trinajstić information content (AvgIpc) is 2.17. The Morgan fingerprint density at radius 1 is 1.60 bits per heavy atom. The van der Waals surface area contributed by atoms with E-state index >= 15 is 0 Å². The van der Waals surface area contributed by atoms with Crippen LogP contribution in [-0.2, 0) is 9.53 Å². The quantitative estimate of drug-likeness (QED) is 0.489. The molecular weight excluding hydrogens is 132 g/mol. The standard InChI is InChI=1S/C7H10O3/c1-7(2)3-4(7)6(9)10-5(3)8/h3-5,8H,1-2H3/t3?,4?,5-/m1/s1. The van der Waals surface area contributed by atoms with Crippen LogP contribution in [-0.4, -0.2) is 17.4 Å². The summed E-state index contributed by atoms with van der Waals surface area (Å²) in [5.74, 6) is -0.218. The maximum atomic E-state index is 10.9. The number of aliphatic hydroxyl groups is 1. The van der Waals surface area contributed by atoms with E-state index in [-0.39, 0.29) is 23.2 Å². The molecule has 2 rings (SSSR count). The third-order valence-electron chi connectivity index (χ3n) is 2.71. The fourth-order valence-corrected chi connectivity index (χ4v) is 1.93. The first-order valence-corrected chi connectivity index (χ1v) is 3.43. The van der Waals surface area contributed by atoms with Crippen LogP contribution in [0.15, 0.2) is 0 Å². The molecule has 0 radical (unpaired) electrons. The largest absolute Gasteiger partial charge is 0.435 e. The van der Waals surface area contributed by atoms with Gasteiger partial charge in [-0.25, -0.2) is 0 Å². The molecule has 1 aliphatic carbocycles. The predicted molar refractivity (Wildman–Crippen MR) is 32.9 cm³/mol. The lowest BCUT2D eigenvalue weighted by Gasteiger charge is -2.11. The molecule has 0 aromatic rings. The van der Waals surface area contributed by atoms with E-state index in [0.29, 0.717) is 0 Å². The summed E-state index contributed by atoms with van der Waals surface area (Å²) in [4.78, 5) is 10.9. The second-order valence-corrected chi connectivity index (χ2v) is 3.65. The molecule has 2 fully saturated rings. The van der Waals surface area contributed by atoms with E-state index in [1.54, 1.807) is 0 Å². The van der Waals surface area contributed by atoms with Crippen LogP contribution in [0.5, 0.6) is 0 Å². The molecule has 1 saturated heterocycles. The lowest BCUT2D eigenvalue weighted by Crippen LogP contribution is -2.18. The van der Waals surface area contributed by atoms with Crippen LogP contribution in [0.2, 0.25) is 0 Å². The van der Waals surface area contributed by atoms with Crippen molar-refractivity contribution in [3.63, 3.8) is 0 Å². The molecule has 1 saturated carbocycles. The summed E-state index contributed by atoms with van der Waals surface area (Å²) in [7, 11) is 0. The van der Waals surface area contributed by atoms with Gasteiger partial charge >= 0.3 is 5.97 Å². The summed E-state index contributed by atoms with van der Waals surface area (Å²) in [6, 6.07) is 0. The summed E-state index contributed by atoms with van der Waals surface area (Å²) in [6.07, 6.45) is -0.840. The molecule has 2 aliphatic rings. The Kier molecular flexibility index (Phi) is 0.844. The second kappa shape index (κ2) is 1.37. The minimum absolute atomic E-state index is 0.0191. The van der Waals surface area contributed by atoms with Gasteiger partial charge in [0.25, 0.3) is 0 Å². The number of rotatable bonds is 0. The van der Waals surface area contributed by atoms with Gasteiger partial charge in [-0.3, -0.25) is 4.79 Å². The molecule has 0 aromatic carbocycles. The van der Waals surface area contributed by atoms with Crippen molar-refractivity contribution in [2.75, 3.05) is 0 Å². The number of carbonyl (C=O) groups excluding carboxylic acids is 1. The molecule has 1 N–H and O–H groups in total. The molecular formula is C7H10O3. The summed E-state index contributed by atoms with van der Waals surface area (Å²) < 4.78 is 4.58. The van der Waals surface area contributed by atoms with Crippen LogP contribution in [0.25, 0.3) is 0 Å². The lowest BCUT2D eigenvalue weighted by molar-refractivity contribution is -0.164. The van der Waals surface area contributed by atoms with E-state index in [2.05, 4.69) is 4.74 Å². The molecule has 3 nitrogen and oxygen atoms in total. The number of hydrogen-bond acceptors (Lipinski definition) is 3. The normalized spacial score (nSPS) is 48.3. The average molecular weight is 142 g/mol. The highest BCUT2D eigenvalue weighted by atomic mass is 16.6. The topological polar surface area (TPSA) is 46.5 Å². The van der Waals surface area contributed by atoms with Crippen LogP contribution >= 0.6 is 0 Å². The van der Waals surface area contributed by atoms with Crippen molar-refractivity contribution in [3.8, 4) is 0 Å². The Hall–Kier alpha value is -0.570. The van der Waals surface area contributed by atoms with E-state index in [1.165, 1.54) is 0 Å². The third-order valence-corrected chi connectivity index (χ3v) is 2.71. The number of fused-ring (bicyclic) bond motifs is 1. The highest BCUT2D eigenvalue weighted by molar-refractivity contribution is 5.80. The highest BCUT2D eigenvalue weighted by Crippen LogP contribution is 2.63. The molecule has 56 valence electrons. The zero-order chi connectivity index (χ0) is 7.52. The number of esters is 1. The first kappa shape index (κ1) is 6.16. The number of aliphatic hydroxyl groups excluding tert-OH is 1. The van der Waals surface area contributed by atoms with Crippen molar-refractivity contribution in [2.24, 2.45) is 17.3 Å². The van der Waals surface area contributed by atoms with Gasteiger partial charge in [-0.05, 0) is 5.41 Å². The minimum Gasteiger partial charge on any atom is -0.435 e. The van der Waals surface area contributed by atoms with E-state index in [0.717, 1.165) is 0 Å². The van der Waals surface area contributed by atoms with E-state index < -0.39 is 6.29 Å². The zero-order valence-corrected chi connectivity index (χ0v) is 6.00. The van der Waals surface area contributed by atoms with Gasteiger partial charge in [0, 0.05) is 5.92 Å². The fourth-order valence-electron chi connectivity index (χ4n) is 1.93. The fraction of sp³-hybridized carbons (Fsp3) is 0.857. The monoisotopic (exact) mass is 142 g/mol. The summed E-state index contributed by atoms with van der Waals surface area (Å²) in [5, 5.41) is 9.10. The molecule has 10 heavy (non-hydrogen) atoms. The Morgan fingerprint density at radius 2 is 2.20 bits per heavy atom. The maximum Gasteiger partial charge on any atom is 0.312 e. The van der Waals surface area contributed by atoms with Crippen LogP contribution in [0.3, 0.4) is 0 Å². The second-order valence-electron chi connectivity index (χ2n) is 3.65. The number of hydrogen-bond donors (Lipinski definition) is 1. The zero-order valence-electron chi connectivity index (χ0n) is 6.00. The molecule has 3 atom stereocenters. The van der Waals surface area contributed by atoms with Crippen molar-refractivity contribution in [3.05, 3.63) is 0 Å². The smallest absolute Gasteiger partial charge is 0.312 e. The van der Waals surface area contributed by atoms with Crippen molar-refractivity contribution < 1.29 is 14.6 Å². The van der Waals surface area contributed by atoms with Crippen molar-refractivity contribution in [2.45, 2.75) is 20.1 Å². The van der Waals surface area contributed by atoms with Gasteiger partial charge in [-0.2, -0.15) is 0 Å². The van der Waals surface area contributed by atoms with Gasteiger partial charge in [-0.1, -0.05) is 13.8 Å². The van der Waals surface area contributed by atoms with Gasteiger partial charge in [0.1, 0.15) is 0 Å². The van der Waals surface area contributed by atoms with E-state index in [9.17, 15) is 4.79 Å². The molecule has 1 heterocycles. The maximum absolute atomic E-state index is 10.9. The van der Waals surface area contributed by atoms with Gasteiger partial charge in [-0.15, -0.1) is 0 Å². The first-order valence-electron chi connectivity index (χ1n) is 3.43. The highest BCUT2D eigenvalue weighted by Gasteiger charge is 2.71. The molecule has 0 amide bonds. The molecule has 1 aliphatic heterocycles. The van der Waals surface area contributed by atoms with Crippen LogP contribution in [0.1, 0.15) is 13.8 Å². The summed E-state index contributed by atoms with van der Waals surface area (Å²) in [5.41, 5.74) is -0.0191. The Labute approximate surface area is 59.0 Å². The predicted octanol–water partition coefficient (Wildman–Crippen LogP) is 0.134. The summed E-state index contributed by atoms with van der Waals surface area (Å²) in [6.45, 7) is 3.96. The van der Waals surface area contributed by atoms with E-state index in [4.69, 9.17) is 5.11 Å². The van der Waals surface area contributed by atoms with Gasteiger partial charge in [0.15, 0.2) is 0 Å². The number of cyclic esters (lactones) is 1. The SMILES string of the molecule is CC1(C)C2C(=O)O[C@@H](O)C21.